The molecule has 1 aromatic heterocycles. The van der Waals surface area contributed by atoms with E-state index in [1.807, 2.05) is 13.2 Å². The van der Waals surface area contributed by atoms with E-state index in [2.05, 4.69) is 28.2 Å². The molecule has 2 heterocycles. The summed E-state index contributed by atoms with van der Waals surface area (Å²) in [6, 6.07) is 2.17. The van der Waals surface area contributed by atoms with Crippen molar-refractivity contribution in [3.05, 3.63) is 23.4 Å². The van der Waals surface area contributed by atoms with Crippen molar-refractivity contribution in [2.24, 2.45) is 0 Å². The van der Waals surface area contributed by atoms with Crippen LogP contribution < -0.4 is 10.2 Å². The second kappa shape index (κ2) is 5.47. The van der Waals surface area contributed by atoms with Crippen LogP contribution in [0.25, 0.3) is 0 Å². The van der Waals surface area contributed by atoms with Crippen molar-refractivity contribution >= 4 is 5.82 Å². The first-order valence-corrected chi connectivity index (χ1v) is 6.24. The molecule has 0 saturated carbocycles. The molecular formula is C13H21N3O. The van der Waals surface area contributed by atoms with Crippen molar-refractivity contribution in [2.45, 2.75) is 32.4 Å². The molecule has 1 aromatic rings. The molecule has 0 amide bonds. The summed E-state index contributed by atoms with van der Waals surface area (Å²) in [7, 11) is 1.93. The Hall–Kier alpha value is -1.13. The number of hydrogen-bond acceptors (Lipinski definition) is 4. The molecular weight excluding hydrogens is 214 g/mol. The number of hydrogen-bond donors (Lipinski definition) is 2. The molecule has 4 nitrogen and oxygen atoms in total. The fraction of sp³-hybridized carbons (Fsp3) is 0.615. The van der Waals surface area contributed by atoms with E-state index in [4.69, 9.17) is 0 Å². The molecule has 1 fully saturated rings. The summed E-state index contributed by atoms with van der Waals surface area (Å²) in [6.45, 7) is 4.63. The largest absolute Gasteiger partial charge is 0.391 e. The third-order valence-electron chi connectivity index (χ3n) is 3.18. The second-order valence-corrected chi connectivity index (χ2v) is 4.76. The van der Waals surface area contributed by atoms with E-state index >= 15 is 0 Å². The normalized spacial score (nSPS) is 20.6. The van der Waals surface area contributed by atoms with Crippen LogP contribution in [0.5, 0.6) is 0 Å². The fourth-order valence-electron chi connectivity index (χ4n) is 2.40. The highest BCUT2D eigenvalue weighted by atomic mass is 16.3. The predicted octanol–water partition coefficient (Wildman–Crippen LogP) is 1.07. The van der Waals surface area contributed by atoms with Gasteiger partial charge in [0.25, 0.3) is 0 Å². The highest BCUT2D eigenvalue weighted by molar-refractivity contribution is 5.47. The number of aliphatic hydroxyl groups is 1. The topological polar surface area (TPSA) is 48.4 Å². The van der Waals surface area contributed by atoms with Gasteiger partial charge in [0.2, 0.25) is 0 Å². The number of anilines is 1. The highest BCUT2D eigenvalue weighted by Gasteiger charge is 2.20. The minimum atomic E-state index is -0.207. The molecule has 1 aliphatic heterocycles. The van der Waals surface area contributed by atoms with Gasteiger partial charge in [-0.3, -0.25) is 0 Å². The molecule has 2 N–H and O–H groups in total. The Morgan fingerprint density at radius 2 is 2.41 bits per heavy atom. The molecule has 1 saturated heterocycles. The van der Waals surface area contributed by atoms with E-state index in [0.29, 0.717) is 6.54 Å². The summed E-state index contributed by atoms with van der Waals surface area (Å²) >= 11 is 0. The zero-order valence-electron chi connectivity index (χ0n) is 10.6. The van der Waals surface area contributed by atoms with Crippen LogP contribution in [-0.2, 0) is 6.54 Å². The van der Waals surface area contributed by atoms with Gasteiger partial charge in [0.05, 0.1) is 6.10 Å². The summed E-state index contributed by atoms with van der Waals surface area (Å²) in [5.74, 6) is 1.02. The van der Waals surface area contributed by atoms with Gasteiger partial charge in [-0.05, 0) is 44.0 Å². The number of β-amino-alcohol motifs (C(OH)–C–C–N with tert-alkyl or cyclic N) is 1. The summed E-state index contributed by atoms with van der Waals surface area (Å²) in [6.07, 6.45) is 3.66. The van der Waals surface area contributed by atoms with Crippen LogP contribution >= 0.6 is 0 Å². The Morgan fingerprint density at radius 1 is 1.59 bits per heavy atom. The molecule has 0 spiro atoms. The van der Waals surface area contributed by atoms with Gasteiger partial charge >= 0.3 is 0 Å². The Bertz CT molecular complexity index is 381. The van der Waals surface area contributed by atoms with Crippen molar-refractivity contribution < 1.29 is 5.11 Å². The highest BCUT2D eigenvalue weighted by Crippen LogP contribution is 2.22. The number of pyridine rings is 1. The summed E-state index contributed by atoms with van der Waals surface area (Å²) in [5, 5.41) is 12.8. The maximum Gasteiger partial charge on any atom is 0.131 e. The Morgan fingerprint density at radius 3 is 3.06 bits per heavy atom. The Balaban J connectivity index is 2.15. The van der Waals surface area contributed by atoms with E-state index in [0.717, 1.165) is 31.7 Å². The lowest BCUT2D eigenvalue weighted by atomic mass is 10.1. The quantitative estimate of drug-likeness (QED) is 0.823. The van der Waals surface area contributed by atoms with E-state index in [1.165, 1.54) is 11.1 Å². The van der Waals surface area contributed by atoms with Crippen LogP contribution in [0.2, 0.25) is 0 Å². The smallest absolute Gasteiger partial charge is 0.131 e. The molecule has 0 radical (unpaired) electrons. The Labute approximate surface area is 103 Å². The Kier molecular flexibility index (Phi) is 3.97. The van der Waals surface area contributed by atoms with E-state index < -0.39 is 0 Å². The first-order valence-electron chi connectivity index (χ1n) is 6.24. The fourth-order valence-corrected chi connectivity index (χ4v) is 2.40. The molecule has 17 heavy (non-hydrogen) atoms. The van der Waals surface area contributed by atoms with Gasteiger partial charge < -0.3 is 15.3 Å². The monoisotopic (exact) mass is 235 g/mol. The van der Waals surface area contributed by atoms with Gasteiger partial charge in [-0.25, -0.2) is 4.98 Å². The minimum Gasteiger partial charge on any atom is -0.391 e. The van der Waals surface area contributed by atoms with Gasteiger partial charge in [0.1, 0.15) is 5.82 Å². The SMILES string of the molecule is CNCc1cnc(N2CCCC(O)C2)c(C)c1. The van der Waals surface area contributed by atoms with E-state index in [9.17, 15) is 5.11 Å². The standard InChI is InChI=1S/C13H21N3O/c1-10-6-11(7-14-2)8-15-13(10)16-5-3-4-12(17)9-16/h6,8,12,14,17H,3-5,7,9H2,1-2H3. The van der Waals surface area contributed by atoms with Crippen molar-refractivity contribution in [1.82, 2.24) is 10.3 Å². The zero-order valence-corrected chi connectivity index (χ0v) is 10.6. The van der Waals surface area contributed by atoms with Gasteiger partial charge in [0, 0.05) is 25.8 Å². The first kappa shape index (κ1) is 12.3. The lowest BCUT2D eigenvalue weighted by Crippen LogP contribution is -2.39. The lowest BCUT2D eigenvalue weighted by Gasteiger charge is -2.32. The van der Waals surface area contributed by atoms with E-state index in [1.54, 1.807) is 0 Å². The van der Waals surface area contributed by atoms with Crippen LogP contribution in [-0.4, -0.2) is 36.3 Å². The molecule has 1 unspecified atom stereocenters. The van der Waals surface area contributed by atoms with Gasteiger partial charge in [-0.1, -0.05) is 0 Å². The summed E-state index contributed by atoms with van der Waals surface area (Å²) in [4.78, 5) is 6.72. The number of aromatic nitrogens is 1. The number of piperidine rings is 1. The van der Waals surface area contributed by atoms with Crippen molar-refractivity contribution in [3.63, 3.8) is 0 Å². The minimum absolute atomic E-state index is 0.207. The van der Waals surface area contributed by atoms with Gasteiger partial charge in [-0.2, -0.15) is 0 Å². The number of rotatable bonds is 3. The third-order valence-corrected chi connectivity index (χ3v) is 3.18. The van der Waals surface area contributed by atoms with Crippen LogP contribution in [0.15, 0.2) is 12.3 Å². The van der Waals surface area contributed by atoms with E-state index in [-0.39, 0.29) is 6.10 Å². The molecule has 94 valence electrons. The average molecular weight is 235 g/mol. The molecule has 1 aliphatic rings. The molecule has 1 atom stereocenters. The summed E-state index contributed by atoms with van der Waals surface area (Å²) < 4.78 is 0. The number of aliphatic hydroxyl groups excluding tert-OH is 1. The molecule has 0 aliphatic carbocycles. The number of nitrogens with zero attached hydrogens (tertiary/aromatic N) is 2. The summed E-state index contributed by atoms with van der Waals surface area (Å²) in [5.41, 5.74) is 2.39. The van der Waals surface area contributed by atoms with Crippen molar-refractivity contribution in [2.75, 3.05) is 25.0 Å². The molecule has 0 aromatic carbocycles. The average Bonchev–Trinajstić information content (AvgIpc) is 2.29. The lowest BCUT2D eigenvalue weighted by molar-refractivity contribution is 0.154. The number of nitrogens with one attached hydrogen (secondary N) is 1. The van der Waals surface area contributed by atoms with Crippen LogP contribution in [0.1, 0.15) is 24.0 Å². The zero-order chi connectivity index (χ0) is 12.3. The maximum absolute atomic E-state index is 9.69. The van der Waals surface area contributed by atoms with Crippen LogP contribution in [0.3, 0.4) is 0 Å². The van der Waals surface area contributed by atoms with Gasteiger partial charge in [0.15, 0.2) is 0 Å². The van der Waals surface area contributed by atoms with Crippen molar-refractivity contribution in [1.29, 1.82) is 0 Å². The van der Waals surface area contributed by atoms with Crippen LogP contribution in [0.4, 0.5) is 5.82 Å². The predicted molar refractivity (Wildman–Crippen MR) is 69.2 cm³/mol. The second-order valence-electron chi connectivity index (χ2n) is 4.76. The number of aryl methyl sites for hydroxylation is 1. The first-order chi connectivity index (χ1) is 8.20. The third kappa shape index (κ3) is 2.96. The molecule has 0 bridgehead atoms. The van der Waals surface area contributed by atoms with Crippen molar-refractivity contribution in [3.8, 4) is 0 Å². The van der Waals surface area contributed by atoms with Gasteiger partial charge in [-0.15, -0.1) is 0 Å². The maximum atomic E-state index is 9.69. The van der Waals surface area contributed by atoms with Crippen LogP contribution in [0, 0.1) is 6.92 Å². The molecule has 2 rings (SSSR count). The molecule has 4 heteroatoms.